The van der Waals surface area contributed by atoms with Gasteiger partial charge in [-0.25, -0.2) is 4.79 Å². The highest BCUT2D eigenvalue weighted by Gasteiger charge is 2.20. The van der Waals surface area contributed by atoms with Crippen molar-refractivity contribution in [3.05, 3.63) is 68.8 Å². The standard InChI is InChI=1S/C19H13NO3/c21-18-15-12-7-1-2-8-13(12)19(22)23-17(15)14-9-3-5-11-6-4-10-20(18)16(11)14/h1-3,5,7-9H,4,6,10H2. The van der Waals surface area contributed by atoms with Gasteiger partial charge in [-0.15, -0.1) is 0 Å². The van der Waals surface area contributed by atoms with Crippen LogP contribution in [0.5, 0.6) is 0 Å². The lowest BCUT2D eigenvalue weighted by Gasteiger charge is -2.20. The Morgan fingerprint density at radius 3 is 2.57 bits per heavy atom. The van der Waals surface area contributed by atoms with E-state index in [9.17, 15) is 9.59 Å². The molecular weight excluding hydrogens is 290 g/mol. The predicted molar refractivity (Wildman–Crippen MR) is 90.1 cm³/mol. The Hall–Kier alpha value is -2.88. The minimum atomic E-state index is -0.394. The number of hydrogen-bond acceptors (Lipinski definition) is 3. The normalized spacial score (nSPS) is 13.9. The van der Waals surface area contributed by atoms with E-state index in [4.69, 9.17) is 4.42 Å². The first kappa shape index (κ1) is 12.6. The number of hydrogen-bond donors (Lipinski definition) is 0. The van der Waals surface area contributed by atoms with Crippen LogP contribution in [0.1, 0.15) is 12.0 Å². The zero-order chi connectivity index (χ0) is 15.6. The van der Waals surface area contributed by atoms with Crippen LogP contribution < -0.4 is 11.2 Å². The van der Waals surface area contributed by atoms with Gasteiger partial charge in [-0.1, -0.05) is 30.3 Å². The Labute approximate surface area is 130 Å². The summed E-state index contributed by atoms with van der Waals surface area (Å²) in [5.74, 6) is 0. The molecule has 4 heteroatoms. The van der Waals surface area contributed by atoms with Crippen LogP contribution in [0.4, 0.5) is 0 Å². The molecule has 0 radical (unpaired) electrons. The number of aryl methyl sites for hydroxylation is 2. The molecule has 1 aliphatic heterocycles. The Morgan fingerprint density at radius 2 is 1.70 bits per heavy atom. The van der Waals surface area contributed by atoms with Gasteiger partial charge in [0.05, 0.1) is 16.3 Å². The minimum absolute atomic E-state index is 0.0698. The Balaban J connectivity index is 2.20. The van der Waals surface area contributed by atoms with Gasteiger partial charge in [0.25, 0.3) is 5.56 Å². The third-order valence-corrected chi connectivity index (χ3v) is 4.76. The second kappa shape index (κ2) is 4.32. The van der Waals surface area contributed by atoms with Crippen molar-refractivity contribution in [1.82, 2.24) is 4.57 Å². The summed E-state index contributed by atoms with van der Waals surface area (Å²) in [4.78, 5) is 25.4. The molecule has 0 unspecified atom stereocenters. The smallest absolute Gasteiger partial charge is 0.344 e. The molecule has 0 spiro atoms. The van der Waals surface area contributed by atoms with Gasteiger partial charge in [0.1, 0.15) is 0 Å². The van der Waals surface area contributed by atoms with E-state index in [1.165, 1.54) is 0 Å². The van der Waals surface area contributed by atoms with Crippen LogP contribution >= 0.6 is 0 Å². The molecule has 4 nitrogen and oxygen atoms in total. The van der Waals surface area contributed by atoms with Crippen LogP contribution in [0.25, 0.3) is 32.6 Å². The molecule has 0 saturated carbocycles. The topological polar surface area (TPSA) is 52.2 Å². The highest BCUT2D eigenvalue weighted by atomic mass is 16.4. The first-order chi connectivity index (χ1) is 11.3. The van der Waals surface area contributed by atoms with Gasteiger partial charge in [0.2, 0.25) is 0 Å². The third kappa shape index (κ3) is 1.55. The van der Waals surface area contributed by atoms with E-state index in [0.29, 0.717) is 28.3 Å². The summed E-state index contributed by atoms with van der Waals surface area (Å²) in [5, 5.41) is 2.48. The van der Waals surface area contributed by atoms with Crippen molar-refractivity contribution in [3.8, 4) is 0 Å². The first-order valence-corrected chi connectivity index (χ1v) is 7.75. The maximum Gasteiger partial charge on any atom is 0.344 e. The molecule has 0 N–H and O–H groups in total. The van der Waals surface area contributed by atoms with Gasteiger partial charge in [0.15, 0.2) is 5.58 Å². The molecule has 0 fully saturated rings. The molecule has 112 valence electrons. The Kier molecular flexibility index (Phi) is 2.37. The SMILES string of the molecule is O=c1oc2c3cccc4c3n(c(=O)c2c2ccccc12)CCC4. The van der Waals surface area contributed by atoms with E-state index >= 15 is 0 Å². The molecule has 0 aliphatic carbocycles. The van der Waals surface area contributed by atoms with E-state index in [2.05, 4.69) is 0 Å². The average Bonchev–Trinajstić information content (AvgIpc) is 2.59. The van der Waals surface area contributed by atoms with Gasteiger partial charge in [-0.2, -0.15) is 0 Å². The summed E-state index contributed by atoms with van der Waals surface area (Å²) < 4.78 is 7.41. The van der Waals surface area contributed by atoms with Crippen molar-refractivity contribution in [3.63, 3.8) is 0 Å². The zero-order valence-corrected chi connectivity index (χ0v) is 12.3. The van der Waals surface area contributed by atoms with E-state index in [-0.39, 0.29) is 5.56 Å². The Bertz CT molecular complexity index is 1230. The number of para-hydroxylation sites is 1. The lowest BCUT2D eigenvalue weighted by Crippen LogP contribution is -2.25. The third-order valence-electron chi connectivity index (χ3n) is 4.76. The van der Waals surface area contributed by atoms with Crippen LogP contribution in [0.3, 0.4) is 0 Å². The largest absolute Gasteiger partial charge is 0.421 e. The molecule has 23 heavy (non-hydrogen) atoms. The van der Waals surface area contributed by atoms with Crippen LogP contribution in [0.2, 0.25) is 0 Å². The van der Waals surface area contributed by atoms with Gasteiger partial charge < -0.3 is 8.98 Å². The van der Waals surface area contributed by atoms with Gasteiger partial charge in [0, 0.05) is 17.3 Å². The second-order valence-electron chi connectivity index (χ2n) is 6.01. The lowest BCUT2D eigenvalue weighted by molar-refractivity contribution is 0.568. The number of aromatic nitrogens is 1. The maximum absolute atomic E-state index is 13.1. The first-order valence-electron chi connectivity index (χ1n) is 7.75. The fraction of sp³-hybridized carbons (Fsp3) is 0.158. The molecular formula is C19H13NO3. The highest BCUT2D eigenvalue weighted by Crippen LogP contribution is 2.30. The van der Waals surface area contributed by atoms with Crippen molar-refractivity contribution in [2.75, 3.05) is 0 Å². The molecule has 5 rings (SSSR count). The van der Waals surface area contributed by atoms with Crippen molar-refractivity contribution in [1.29, 1.82) is 0 Å². The van der Waals surface area contributed by atoms with E-state index in [0.717, 1.165) is 29.3 Å². The maximum atomic E-state index is 13.1. The van der Waals surface area contributed by atoms with E-state index in [1.807, 2.05) is 34.9 Å². The number of benzene rings is 2. The monoisotopic (exact) mass is 303 g/mol. The lowest BCUT2D eigenvalue weighted by atomic mass is 9.99. The molecule has 1 aliphatic rings. The van der Waals surface area contributed by atoms with Crippen LogP contribution in [0.15, 0.2) is 56.5 Å². The summed E-state index contributed by atoms with van der Waals surface area (Å²) in [6.07, 6.45) is 1.90. The number of rotatable bonds is 0. The quantitative estimate of drug-likeness (QED) is 0.469. The Morgan fingerprint density at radius 1 is 0.913 bits per heavy atom. The van der Waals surface area contributed by atoms with Crippen molar-refractivity contribution in [2.24, 2.45) is 0 Å². The molecule has 0 bridgehead atoms. The molecule has 3 heterocycles. The highest BCUT2D eigenvalue weighted by molar-refractivity contribution is 6.13. The minimum Gasteiger partial charge on any atom is -0.421 e. The van der Waals surface area contributed by atoms with Crippen LogP contribution in [0, 0.1) is 0 Å². The molecule has 0 saturated heterocycles. The molecule has 4 aromatic rings. The fourth-order valence-electron chi connectivity index (χ4n) is 3.77. The van der Waals surface area contributed by atoms with Crippen LogP contribution in [-0.2, 0) is 13.0 Å². The summed E-state index contributed by atoms with van der Waals surface area (Å²) in [6.45, 7) is 0.704. The number of fused-ring (bicyclic) bond motifs is 4. The second-order valence-corrected chi connectivity index (χ2v) is 6.01. The average molecular weight is 303 g/mol. The molecule has 2 aromatic heterocycles. The summed E-state index contributed by atoms with van der Waals surface area (Å²) in [5.41, 5.74) is 2.00. The summed E-state index contributed by atoms with van der Waals surface area (Å²) in [6, 6.07) is 13.1. The molecule has 2 aromatic carbocycles. The van der Waals surface area contributed by atoms with Gasteiger partial charge in [-0.05, 0) is 30.5 Å². The van der Waals surface area contributed by atoms with Crippen molar-refractivity contribution in [2.45, 2.75) is 19.4 Å². The number of nitrogens with zero attached hydrogens (tertiary/aromatic N) is 1. The van der Waals surface area contributed by atoms with Gasteiger partial charge >= 0.3 is 5.63 Å². The summed E-state index contributed by atoms with van der Waals surface area (Å²) in [7, 11) is 0. The zero-order valence-electron chi connectivity index (χ0n) is 12.3. The van der Waals surface area contributed by atoms with Gasteiger partial charge in [-0.3, -0.25) is 4.79 Å². The van der Waals surface area contributed by atoms with E-state index in [1.54, 1.807) is 12.1 Å². The number of pyridine rings is 1. The van der Waals surface area contributed by atoms with Crippen LogP contribution in [-0.4, -0.2) is 4.57 Å². The van der Waals surface area contributed by atoms with Crippen molar-refractivity contribution >= 4 is 32.6 Å². The predicted octanol–water partition coefficient (Wildman–Crippen LogP) is 3.21. The summed E-state index contributed by atoms with van der Waals surface area (Å²) >= 11 is 0. The molecule has 0 amide bonds. The van der Waals surface area contributed by atoms with Crippen molar-refractivity contribution < 1.29 is 4.42 Å². The van der Waals surface area contributed by atoms with E-state index < -0.39 is 5.63 Å². The molecule has 0 atom stereocenters. The fourth-order valence-corrected chi connectivity index (χ4v) is 3.77.